The summed E-state index contributed by atoms with van der Waals surface area (Å²) in [4.78, 5) is 12.2. The first kappa shape index (κ1) is 8.76. The van der Waals surface area contributed by atoms with E-state index in [-0.39, 0.29) is 0 Å². The van der Waals surface area contributed by atoms with Crippen molar-refractivity contribution >= 4 is 6.09 Å². The third kappa shape index (κ3) is 1.38. The van der Waals surface area contributed by atoms with Crippen molar-refractivity contribution in [3.63, 3.8) is 0 Å². The summed E-state index contributed by atoms with van der Waals surface area (Å²) in [5.41, 5.74) is 3.45. The third-order valence-electron chi connectivity index (χ3n) is 3.20. The van der Waals surface area contributed by atoms with E-state index in [1.54, 1.807) is 0 Å². The second kappa shape index (κ2) is 2.98. The summed E-state index contributed by atoms with van der Waals surface area (Å²) < 4.78 is 0. The number of H-pyrrole nitrogens is 1. The molecule has 15 heavy (non-hydrogen) atoms. The monoisotopic (exact) mass is 207 g/mol. The SMILES string of the molecule is O=C(O)N1CCc2c(C3CC3)n[nH]c2C1. The van der Waals surface area contributed by atoms with Gasteiger partial charge in [0.2, 0.25) is 0 Å². The Kier molecular flexibility index (Phi) is 1.74. The highest BCUT2D eigenvalue weighted by molar-refractivity contribution is 5.65. The fraction of sp³-hybridized carbons (Fsp3) is 0.600. The molecule has 1 aliphatic heterocycles. The van der Waals surface area contributed by atoms with E-state index in [0.29, 0.717) is 19.0 Å². The molecule has 2 aliphatic rings. The van der Waals surface area contributed by atoms with Crippen LogP contribution in [0.25, 0.3) is 0 Å². The number of nitrogens with zero attached hydrogens (tertiary/aromatic N) is 2. The molecule has 3 rings (SSSR count). The van der Waals surface area contributed by atoms with Crippen LogP contribution in [-0.4, -0.2) is 32.8 Å². The summed E-state index contributed by atoms with van der Waals surface area (Å²) in [5.74, 6) is 0.640. The Hall–Kier alpha value is -1.52. The zero-order valence-corrected chi connectivity index (χ0v) is 8.36. The molecule has 2 heterocycles. The molecule has 5 nitrogen and oxygen atoms in total. The molecule has 0 atom stereocenters. The molecule has 0 aromatic carbocycles. The van der Waals surface area contributed by atoms with Crippen molar-refractivity contribution in [1.29, 1.82) is 0 Å². The van der Waals surface area contributed by atoms with Gasteiger partial charge in [0.1, 0.15) is 0 Å². The molecule has 5 heteroatoms. The fourth-order valence-corrected chi connectivity index (χ4v) is 2.20. The zero-order chi connectivity index (χ0) is 10.4. The van der Waals surface area contributed by atoms with E-state index < -0.39 is 6.09 Å². The molecule has 0 radical (unpaired) electrons. The van der Waals surface area contributed by atoms with Crippen LogP contribution in [0, 0.1) is 0 Å². The van der Waals surface area contributed by atoms with Gasteiger partial charge in [-0.25, -0.2) is 4.79 Å². The van der Waals surface area contributed by atoms with Gasteiger partial charge in [0.25, 0.3) is 0 Å². The van der Waals surface area contributed by atoms with E-state index in [1.807, 2.05) is 0 Å². The van der Waals surface area contributed by atoms with Crippen molar-refractivity contribution in [2.75, 3.05) is 6.54 Å². The lowest BCUT2D eigenvalue weighted by atomic mass is 10.0. The Labute approximate surface area is 87.1 Å². The zero-order valence-electron chi connectivity index (χ0n) is 8.36. The Bertz CT molecular complexity index is 409. The maximum absolute atomic E-state index is 10.8. The van der Waals surface area contributed by atoms with Crippen molar-refractivity contribution in [1.82, 2.24) is 15.1 Å². The second-order valence-electron chi connectivity index (χ2n) is 4.29. The molecule has 0 bridgehead atoms. The van der Waals surface area contributed by atoms with E-state index in [4.69, 9.17) is 5.11 Å². The van der Waals surface area contributed by atoms with Crippen LogP contribution in [-0.2, 0) is 13.0 Å². The van der Waals surface area contributed by atoms with Gasteiger partial charge >= 0.3 is 6.09 Å². The quantitative estimate of drug-likeness (QED) is 0.729. The van der Waals surface area contributed by atoms with Gasteiger partial charge in [-0.3, -0.25) is 5.10 Å². The smallest absolute Gasteiger partial charge is 0.407 e. The van der Waals surface area contributed by atoms with E-state index in [1.165, 1.54) is 29.0 Å². The summed E-state index contributed by atoms with van der Waals surface area (Å²) in [7, 11) is 0. The number of hydrogen-bond donors (Lipinski definition) is 2. The van der Waals surface area contributed by atoms with Crippen molar-refractivity contribution < 1.29 is 9.90 Å². The Morgan fingerprint density at radius 1 is 1.53 bits per heavy atom. The van der Waals surface area contributed by atoms with Crippen molar-refractivity contribution in [2.24, 2.45) is 0 Å². The predicted octanol–water partition coefficient (Wildman–Crippen LogP) is 1.32. The minimum absolute atomic E-state index is 0.463. The molecule has 1 amide bonds. The Morgan fingerprint density at radius 2 is 2.33 bits per heavy atom. The molecular formula is C10H13N3O2. The van der Waals surface area contributed by atoms with E-state index in [0.717, 1.165) is 12.1 Å². The van der Waals surface area contributed by atoms with Gasteiger partial charge in [-0.15, -0.1) is 0 Å². The van der Waals surface area contributed by atoms with Crippen molar-refractivity contribution in [2.45, 2.75) is 31.7 Å². The van der Waals surface area contributed by atoms with Crippen LogP contribution in [0.4, 0.5) is 4.79 Å². The van der Waals surface area contributed by atoms with Crippen LogP contribution in [0.5, 0.6) is 0 Å². The van der Waals surface area contributed by atoms with Crippen LogP contribution in [0.3, 0.4) is 0 Å². The number of rotatable bonds is 1. The highest BCUT2D eigenvalue weighted by Gasteiger charge is 2.32. The van der Waals surface area contributed by atoms with Gasteiger partial charge in [0, 0.05) is 18.0 Å². The molecule has 1 aromatic heterocycles. The summed E-state index contributed by atoms with van der Waals surface area (Å²) in [6.07, 6.45) is 2.44. The van der Waals surface area contributed by atoms with Crippen LogP contribution in [0.15, 0.2) is 0 Å². The molecule has 2 N–H and O–H groups in total. The summed E-state index contributed by atoms with van der Waals surface area (Å²) in [6, 6.07) is 0. The number of aromatic amines is 1. The first-order valence-electron chi connectivity index (χ1n) is 5.29. The largest absolute Gasteiger partial charge is 0.465 e. The van der Waals surface area contributed by atoms with Gasteiger partial charge in [-0.1, -0.05) is 0 Å². The lowest BCUT2D eigenvalue weighted by molar-refractivity contribution is 0.139. The maximum Gasteiger partial charge on any atom is 0.407 e. The minimum Gasteiger partial charge on any atom is -0.465 e. The predicted molar refractivity (Wildman–Crippen MR) is 52.7 cm³/mol. The molecule has 1 aromatic rings. The van der Waals surface area contributed by atoms with Gasteiger partial charge in [-0.05, 0) is 19.3 Å². The number of carbonyl (C=O) groups is 1. The summed E-state index contributed by atoms with van der Waals surface area (Å²) in [6.45, 7) is 1.06. The van der Waals surface area contributed by atoms with Crippen molar-refractivity contribution in [3.05, 3.63) is 17.0 Å². The molecule has 1 aliphatic carbocycles. The van der Waals surface area contributed by atoms with Crippen LogP contribution >= 0.6 is 0 Å². The molecule has 0 saturated heterocycles. The van der Waals surface area contributed by atoms with Gasteiger partial charge in [0.15, 0.2) is 0 Å². The fourth-order valence-electron chi connectivity index (χ4n) is 2.20. The lowest BCUT2D eigenvalue weighted by Crippen LogP contribution is -2.34. The highest BCUT2D eigenvalue weighted by atomic mass is 16.4. The first-order chi connectivity index (χ1) is 7.25. The number of amides is 1. The first-order valence-corrected chi connectivity index (χ1v) is 5.29. The molecule has 1 fully saturated rings. The van der Waals surface area contributed by atoms with E-state index >= 15 is 0 Å². The number of hydrogen-bond acceptors (Lipinski definition) is 2. The minimum atomic E-state index is -0.844. The van der Waals surface area contributed by atoms with Gasteiger partial charge < -0.3 is 10.0 Å². The molecule has 1 saturated carbocycles. The normalized spacial score (nSPS) is 20.1. The second-order valence-corrected chi connectivity index (χ2v) is 4.29. The van der Waals surface area contributed by atoms with Gasteiger partial charge in [-0.2, -0.15) is 5.10 Å². The number of aromatic nitrogens is 2. The average Bonchev–Trinajstić information content (AvgIpc) is 2.98. The number of carboxylic acid groups (broad SMARTS) is 1. The lowest BCUT2D eigenvalue weighted by Gasteiger charge is -2.23. The molecular weight excluding hydrogens is 194 g/mol. The average molecular weight is 207 g/mol. The Morgan fingerprint density at radius 3 is 3.00 bits per heavy atom. The molecule has 0 spiro atoms. The van der Waals surface area contributed by atoms with E-state index in [9.17, 15) is 4.79 Å². The molecule has 80 valence electrons. The number of fused-ring (bicyclic) bond motifs is 1. The van der Waals surface area contributed by atoms with E-state index in [2.05, 4.69) is 10.2 Å². The highest BCUT2D eigenvalue weighted by Crippen LogP contribution is 2.42. The molecule has 0 unspecified atom stereocenters. The Balaban J connectivity index is 1.88. The maximum atomic E-state index is 10.8. The van der Waals surface area contributed by atoms with Crippen LogP contribution in [0.1, 0.15) is 35.7 Å². The summed E-state index contributed by atoms with van der Waals surface area (Å²) in [5, 5.41) is 16.2. The summed E-state index contributed by atoms with van der Waals surface area (Å²) >= 11 is 0. The standard InChI is InChI=1S/C10H13N3O2/c14-10(15)13-4-3-7-8(5-13)11-12-9(7)6-1-2-6/h6H,1-5H2,(H,11,12)(H,14,15). The van der Waals surface area contributed by atoms with Gasteiger partial charge in [0.05, 0.1) is 17.9 Å². The van der Waals surface area contributed by atoms with Crippen LogP contribution < -0.4 is 0 Å². The third-order valence-corrected chi connectivity index (χ3v) is 3.20. The topological polar surface area (TPSA) is 69.2 Å². The number of nitrogens with one attached hydrogen (secondary N) is 1. The van der Waals surface area contributed by atoms with Crippen molar-refractivity contribution in [3.8, 4) is 0 Å². The van der Waals surface area contributed by atoms with Crippen LogP contribution in [0.2, 0.25) is 0 Å².